The predicted octanol–water partition coefficient (Wildman–Crippen LogP) is 4.15. The number of benzene rings is 1. The molecule has 160 valence electrons. The summed E-state index contributed by atoms with van der Waals surface area (Å²) in [5, 5.41) is 2.88. The lowest BCUT2D eigenvalue weighted by molar-refractivity contribution is -0.121. The first-order valence-electron chi connectivity index (χ1n) is 10.4. The maximum Gasteiger partial charge on any atom is 0.407 e. The third-order valence-electron chi connectivity index (χ3n) is 6.35. The van der Waals surface area contributed by atoms with E-state index < -0.39 is 6.09 Å². The molecular weight excluding hydrogens is 460 g/mol. The maximum atomic E-state index is 13.4. The Hall–Kier alpha value is -2.87. The molecule has 1 aromatic carbocycles. The number of nitrogens with zero attached hydrogens (tertiary/aromatic N) is 2. The van der Waals surface area contributed by atoms with Gasteiger partial charge in [-0.15, -0.1) is 0 Å². The van der Waals surface area contributed by atoms with Crippen molar-refractivity contribution in [1.82, 2.24) is 19.9 Å². The molecule has 0 fully saturated rings. The molecule has 5 rings (SSSR count). The summed E-state index contributed by atoms with van der Waals surface area (Å²) in [6.45, 7) is 0.676. The highest BCUT2D eigenvalue weighted by Crippen LogP contribution is 2.40. The number of imidazole rings is 1. The molecule has 3 atom stereocenters. The molecule has 8 heteroatoms. The average molecular weight is 483 g/mol. The smallest absolute Gasteiger partial charge is 0.407 e. The number of aromatic nitrogens is 3. The minimum Gasteiger partial charge on any atom is -0.453 e. The van der Waals surface area contributed by atoms with Crippen LogP contribution in [-0.4, -0.2) is 39.6 Å². The molecule has 31 heavy (non-hydrogen) atoms. The summed E-state index contributed by atoms with van der Waals surface area (Å²) < 4.78 is 7.98. The zero-order chi connectivity index (χ0) is 21.5. The quantitative estimate of drug-likeness (QED) is 0.586. The molecule has 7 nitrogen and oxygen atoms in total. The number of hydrogen-bond acceptors (Lipinski definition) is 4. The van der Waals surface area contributed by atoms with Crippen LogP contribution in [0.25, 0.3) is 11.3 Å². The molecule has 1 amide bonds. The number of alkyl carbamates (subject to hydrolysis) is 1. The summed E-state index contributed by atoms with van der Waals surface area (Å²) in [6.07, 6.45) is 5.32. The van der Waals surface area contributed by atoms with Gasteiger partial charge in [0.15, 0.2) is 0 Å². The highest BCUT2D eigenvalue weighted by Gasteiger charge is 2.41. The Labute approximate surface area is 188 Å². The number of ether oxygens (including phenoxy) is 1. The van der Waals surface area contributed by atoms with Crippen LogP contribution in [0.2, 0.25) is 0 Å². The van der Waals surface area contributed by atoms with Crippen LogP contribution in [0, 0.1) is 0 Å². The number of methoxy groups -OCH3 is 1. The molecule has 0 radical (unpaired) electrons. The molecule has 0 saturated heterocycles. The Bertz CT molecular complexity index is 1130. The second-order valence-corrected chi connectivity index (χ2v) is 9.11. The van der Waals surface area contributed by atoms with Crippen molar-refractivity contribution >= 4 is 27.8 Å². The van der Waals surface area contributed by atoms with Crippen LogP contribution in [0.3, 0.4) is 0 Å². The van der Waals surface area contributed by atoms with E-state index in [2.05, 4.69) is 48.0 Å². The molecule has 2 aliphatic rings. The molecule has 2 N–H and O–H groups in total. The van der Waals surface area contributed by atoms with Crippen molar-refractivity contribution in [1.29, 1.82) is 0 Å². The topological polar surface area (TPSA) is 89.0 Å². The van der Waals surface area contributed by atoms with Gasteiger partial charge in [0.2, 0.25) is 0 Å². The number of H-pyrrole nitrogens is 1. The van der Waals surface area contributed by atoms with Gasteiger partial charge in [-0.25, -0.2) is 9.78 Å². The fourth-order valence-corrected chi connectivity index (χ4v) is 5.13. The van der Waals surface area contributed by atoms with Crippen molar-refractivity contribution in [2.24, 2.45) is 0 Å². The van der Waals surface area contributed by atoms with Crippen LogP contribution in [0.5, 0.6) is 0 Å². The van der Waals surface area contributed by atoms with E-state index in [1.807, 2.05) is 30.5 Å². The van der Waals surface area contributed by atoms with Crippen LogP contribution in [-0.2, 0) is 22.5 Å². The van der Waals surface area contributed by atoms with Gasteiger partial charge in [-0.1, -0.05) is 28.1 Å². The van der Waals surface area contributed by atoms with Crippen molar-refractivity contribution in [2.45, 2.75) is 43.7 Å². The zero-order valence-electron chi connectivity index (χ0n) is 17.1. The van der Waals surface area contributed by atoms with Crippen LogP contribution in [0.15, 0.2) is 47.2 Å². The van der Waals surface area contributed by atoms with Gasteiger partial charge < -0.3 is 19.6 Å². The van der Waals surface area contributed by atoms with E-state index in [-0.39, 0.29) is 23.7 Å². The van der Waals surface area contributed by atoms with Gasteiger partial charge in [0.1, 0.15) is 11.6 Å². The molecule has 2 aromatic heterocycles. The molecule has 1 unspecified atom stereocenters. The molecule has 0 saturated carbocycles. The van der Waals surface area contributed by atoms with Gasteiger partial charge in [0.05, 0.1) is 24.9 Å². The van der Waals surface area contributed by atoms with Crippen molar-refractivity contribution in [2.75, 3.05) is 7.11 Å². The first-order valence-corrected chi connectivity index (χ1v) is 11.2. The first-order chi connectivity index (χ1) is 15.0. The molecule has 3 heterocycles. The second kappa shape index (κ2) is 8.00. The minimum atomic E-state index is -0.495. The summed E-state index contributed by atoms with van der Waals surface area (Å²) in [4.78, 5) is 33.3. The second-order valence-electron chi connectivity index (χ2n) is 8.19. The number of Topliss-reactive ketones (excluding diaryl/α,β-unsaturated/α-hetero) is 1. The number of carbonyl (C=O) groups is 2. The van der Waals surface area contributed by atoms with Crippen LogP contribution < -0.4 is 5.32 Å². The van der Waals surface area contributed by atoms with E-state index in [4.69, 9.17) is 4.74 Å². The SMILES string of the molecule is COC(=O)N[C@H]1CCc2ccn3c2C1C(=O)C[C@H](c1ncc(-c2ccc(Br)cc2)[nH]1)C3. The van der Waals surface area contributed by atoms with E-state index >= 15 is 0 Å². The maximum absolute atomic E-state index is 13.4. The largest absolute Gasteiger partial charge is 0.453 e. The number of halogens is 1. The number of hydrogen-bond donors (Lipinski definition) is 2. The number of ketones is 1. The molecular formula is C23H23BrN4O3. The van der Waals surface area contributed by atoms with Crippen LogP contribution in [0.4, 0.5) is 4.79 Å². The lowest BCUT2D eigenvalue weighted by Crippen LogP contribution is -2.44. The zero-order valence-corrected chi connectivity index (χ0v) is 18.7. The highest BCUT2D eigenvalue weighted by atomic mass is 79.9. The summed E-state index contributed by atoms with van der Waals surface area (Å²) in [6, 6.07) is 9.88. The number of carbonyl (C=O) groups excluding carboxylic acids is 2. The fraction of sp³-hybridized carbons (Fsp3) is 0.348. The van der Waals surface area contributed by atoms with Gasteiger partial charge in [-0.05, 0) is 42.2 Å². The molecule has 0 spiro atoms. The Kier molecular flexibility index (Phi) is 5.17. The molecule has 1 aliphatic carbocycles. The number of nitrogens with one attached hydrogen (secondary N) is 2. The Morgan fingerprint density at radius 1 is 1.29 bits per heavy atom. The van der Waals surface area contributed by atoms with Crippen molar-refractivity contribution in [3.8, 4) is 11.3 Å². The third kappa shape index (κ3) is 3.69. The molecule has 0 bridgehead atoms. The predicted molar refractivity (Wildman–Crippen MR) is 119 cm³/mol. The van der Waals surface area contributed by atoms with Gasteiger partial charge in [-0.3, -0.25) is 4.79 Å². The van der Waals surface area contributed by atoms with E-state index in [1.54, 1.807) is 0 Å². The fourth-order valence-electron chi connectivity index (χ4n) is 4.87. The Morgan fingerprint density at radius 2 is 2.10 bits per heavy atom. The van der Waals surface area contributed by atoms with E-state index in [9.17, 15) is 9.59 Å². The summed E-state index contributed by atoms with van der Waals surface area (Å²) in [5.74, 6) is 0.526. The summed E-state index contributed by atoms with van der Waals surface area (Å²) in [5.41, 5.74) is 4.19. The summed E-state index contributed by atoms with van der Waals surface area (Å²) in [7, 11) is 1.34. The van der Waals surface area contributed by atoms with Crippen molar-refractivity contribution < 1.29 is 14.3 Å². The number of amides is 1. The highest BCUT2D eigenvalue weighted by molar-refractivity contribution is 9.10. The van der Waals surface area contributed by atoms with Crippen molar-refractivity contribution in [3.63, 3.8) is 0 Å². The lowest BCUT2D eigenvalue weighted by Gasteiger charge is -2.31. The van der Waals surface area contributed by atoms with Gasteiger partial charge >= 0.3 is 6.09 Å². The number of aryl methyl sites for hydroxylation is 1. The van der Waals surface area contributed by atoms with Crippen molar-refractivity contribution in [3.05, 3.63) is 64.3 Å². The average Bonchev–Trinajstić information content (AvgIpc) is 3.38. The summed E-state index contributed by atoms with van der Waals surface area (Å²) >= 11 is 3.46. The minimum absolute atomic E-state index is 0.0578. The van der Waals surface area contributed by atoms with Gasteiger partial charge in [0.25, 0.3) is 0 Å². The molecule has 3 aromatic rings. The van der Waals surface area contributed by atoms with Gasteiger partial charge in [0, 0.05) is 41.3 Å². The first kappa shape index (κ1) is 20.1. The number of aromatic amines is 1. The standard InChI is InChI=1S/C23H23BrN4O3/c1-31-23(30)27-17-7-4-14-8-9-28-12-15(10-19(29)20(17)21(14)28)22-25-11-18(26-22)13-2-5-16(24)6-3-13/h2-3,5-6,8-9,11,15,17,20H,4,7,10,12H2,1H3,(H,25,26)(H,27,30)/t15-,17-,20?/m0/s1. The normalized spacial score (nSPS) is 22.5. The third-order valence-corrected chi connectivity index (χ3v) is 6.88. The van der Waals surface area contributed by atoms with E-state index in [1.165, 1.54) is 12.7 Å². The monoisotopic (exact) mass is 482 g/mol. The number of rotatable bonds is 3. The van der Waals surface area contributed by atoms with E-state index in [0.29, 0.717) is 13.0 Å². The van der Waals surface area contributed by atoms with E-state index in [0.717, 1.165) is 40.1 Å². The Balaban J connectivity index is 1.45. The molecule has 1 aliphatic heterocycles. The van der Waals surface area contributed by atoms with Gasteiger partial charge in [-0.2, -0.15) is 0 Å². The van der Waals surface area contributed by atoms with Crippen LogP contribution in [0.1, 0.15) is 41.8 Å². The van der Waals surface area contributed by atoms with Crippen LogP contribution >= 0.6 is 15.9 Å². The lowest BCUT2D eigenvalue weighted by atomic mass is 9.79. The Morgan fingerprint density at radius 3 is 2.87 bits per heavy atom.